The van der Waals surface area contributed by atoms with Crippen LogP contribution < -0.4 is 10.1 Å². The van der Waals surface area contributed by atoms with E-state index in [1.807, 2.05) is 6.07 Å². The van der Waals surface area contributed by atoms with Gasteiger partial charge < -0.3 is 15.2 Å². The number of carboxylic acid groups (broad SMARTS) is 1. The number of aromatic nitrogens is 1. The van der Waals surface area contributed by atoms with Gasteiger partial charge in [-0.25, -0.2) is 4.98 Å². The molecule has 5 heteroatoms. The van der Waals surface area contributed by atoms with Gasteiger partial charge in [0.2, 0.25) is 5.88 Å². The Balaban J connectivity index is 2.47. The molecule has 2 N–H and O–H groups in total. The molecule has 0 aliphatic carbocycles. The van der Waals surface area contributed by atoms with Crippen LogP contribution in [0.2, 0.25) is 0 Å². The van der Waals surface area contributed by atoms with Gasteiger partial charge in [-0.1, -0.05) is 6.07 Å². The standard InChI is InChI=1S/C10H14N2O3/c1-7(10(13)14)11-5-8-3-4-9(15-2)12-6-8/h3-4,6-7,11H,5H2,1-2H3,(H,13,14). The molecule has 1 aromatic rings. The smallest absolute Gasteiger partial charge is 0.320 e. The lowest BCUT2D eigenvalue weighted by atomic mass is 10.2. The van der Waals surface area contributed by atoms with Crippen molar-refractivity contribution in [3.05, 3.63) is 23.9 Å². The summed E-state index contributed by atoms with van der Waals surface area (Å²) in [5, 5.41) is 11.5. The zero-order valence-electron chi connectivity index (χ0n) is 8.73. The normalized spacial score (nSPS) is 12.1. The van der Waals surface area contributed by atoms with Crippen LogP contribution in [-0.4, -0.2) is 29.2 Å². The summed E-state index contributed by atoms with van der Waals surface area (Å²) in [7, 11) is 1.55. The van der Waals surface area contributed by atoms with Crippen LogP contribution in [0.4, 0.5) is 0 Å². The van der Waals surface area contributed by atoms with Crippen molar-refractivity contribution in [1.29, 1.82) is 0 Å². The van der Waals surface area contributed by atoms with E-state index in [0.717, 1.165) is 5.56 Å². The monoisotopic (exact) mass is 210 g/mol. The molecule has 0 aliphatic rings. The van der Waals surface area contributed by atoms with E-state index in [1.54, 1.807) is 26.3 Å². The van der Waals surface area contributed by atoms with Gasteiger partial charge in [0, 0.05) is 18.8 Å². The summed E-state index contributed by atoms with van der Waals surface area (Å²) in [4.78, 5) is 14.5. The van der Waals surface area contributed by atoms with Crippen LogP contribution in [0, 0.1) is 0 Å². The minimum atomic E-state index is -0.864. The van der Waals surface area contributed by atoms with Crippen molar-refractivity contribution in [2.45, 2.75) is 19.5 Å². The second-order valence-corrected chi connectivity index (χ2v) is 3.15. The molecule has 0 fully saturated rings. The van der Waals surface area contributed by atoms with Crippen molar-refractivity contribution in [3.63, 3.8) is 0 Å². The van der Waals surface area contributed by atoms with E-state index in [9.17, 15) is 4.79 Å². The number of carbonyl (C=O) groups is 1. The molecule has 0 aromatic carbocycles. The third kappa shape index (κ3) is 3.55. The van der Waals surface area contributed by atoms with Crippen molar-refractivity contribution in [2.75, 3.05) is 7.11 Å². The maximum atomic E-state index is 10.5. The first-order chi connectivity index (χ1) is 7.13. The number of aliphatic carboxylic acids is 1. The van der Waals surface area contributed by atoms with Gasteiger partial charge in [0.25, 0.3) is 0 Å². The SMILES string of the molecule is COc1ccc(CNC(C)C(=O)O)cn1. The number of hydrogen-bond donors (Lipinski definition) is 2. The third-order valence-electron chi connectivity index (χ3n) is 1.99. The molecule has 0 amide bonds. The van der Waals surface area contributed by atoms with E-state index in [2.05, 4.69) is 10.3 Å². The minimum absolute atomic E-state index is 0.477. The molecule has 5 nitrogen and oxygen atoms in total. The van der Waals surface area contributed by atoms with Crippen LogP contribution in [0.15, 0.2) is 18.3 Å². The predicted molar refractivity (Wildman–Crippen MR) is 54.7 cm³/mol. The summed E-state index contributed by atoms with van der Waals surface area (Å²) in [6, 6.07) is 3.02. The molecular weight excluding hydrogens is 196 g/mol. The third-order valence-corrected chi connectivity index (χ3v) is 1.99. The molecule has 1 aromatic heterocycles. The lowest BCUT2D eigenvalue weighted by molar-refractivity contribution is -0.139. The van der Waals surface area contributed by atoms with Crippen LogP contribution in [0.3, 0.4) is 0 Å². The highest BCUT2D eigenvalue weighted by Gasteiger charge is 2.09. The molecule has 0 saturated heterocycles. The van der Waals surface area contributed by atoms with Crippen molar-refractivity contribution >= 4 is 5.97 Å². The number of ether oxygens (including phenoxy) is 1. The summed E-state index contributed by atoms with van der Waals surface area (Å²) in [6.07, 6.45) is 1.65. The Morgan fingerprint density at radius 1 is 1.67 bits per heavy atom. The molecule has 1 rings (SSSR count). The van der Waals surface area contributed by atoms with Crippen molar-refractivity contribution in [1.82, 2.24) is 10.3 Å². The van der Waals surface area contributed by atoms with Gasteiger partial charge in [0.05, 0.1) is 7.11 Å². The topological polar surface area (TPSA) is 71.5 Å². The molecule has 0 bridgehead atoms. The van der Waals surface area contributed by atoms with Crippen LogP contribution >= 0.6 is 0 Å². The molecule has 0 spiro atoms. The highest BCUT2D eigenvalue weighted by Crippen LogP contribution is 2.06. The fourth-order valence-electron chi connectivity index (χ4n) is 0.994. The van der Waals surface area contributed by atoms with Crippen molar-refractivity contribution in [3.8, 4) is 5.88 Å². The molecule has 82 valence electrons. The van der Waals surface area contributed by atoms with E-state index in [1.165, 1.54) is 0 Å². The molecule has 1 heterocycles. The highest BCUT2D eigenvalue weighted by atomic mass is 16.5. The maximum Gasteiger partial charge on any atom is 0.320 e. The van der Waals surface area contributed by atoms with E-state index < -0.39 is 12.0 Å². The van der Waals surface area contributed by atoms with Gasteiger partial charge in [-0.2, -0.15) is 0 Å². The average molecular weight is 210 g/mol. The molecule has 15 heavy (non-hydrogen) atoms. The fourth-order valence-corrected chi connectivity index (χ4v) is 0.994. The quantitative estimate of drug-likeness (QED) is 0.746. The average Bonchev–Trinajstić information content (AvgIpc) is 2.26. The Bertz CT molecular complexity index is 324. The minimum Gasteiger partial charge on any atom is -0.481 e. The van der Waals surface area contributed by atoms with E-state index in [0.29, 0.717) is 12.4 Å². The van der Waals surface area contributed by atoms with E-state index in [-0.39, 0.29) is 0 Å². The van der Waals surface area contributed by atoms with Crippen molar-refractivity contribution < 1.29 is 14.6 Å². The summed E-state index contributed by atoms with van der Waals surface area (Å²) in [5.74, 6) is -0.318. The second kappa shape index (κ2) is 5.31. The van der Waals surface area contributed by atoms with Crippen LogP contribution in [0.1, 0.15) is 12.5 Å². The summed E-state index contributed by atoms with van der Waals surface area (Å²) in [6.45, 7) is 2.07. The number of pyridine rings is 1. The van der Waals surface area contributed by atoms with Gasteiger partial charge >= 0.3 is 5.97 Å². The fraction of sp³-hybridized carbons (Fsp3) is 0.400. The van der Waals surface area contributed by atoms with Gasteiger partial charge in [0.1, 0.15) is 6.04 Å². The number of hydrogen-bond acceptors (Lipinski definition) is 4. The summed E-state index contributed by atoms with van der Waals surface area (Å²) < 4.78 is 4.91. The first-order valence-electron chi connectivity index (χ1n) is 4.58. The molecule has 0 saturated carbocycles. The van der Waals surface area contributed by atoms with Crippen LogP contribution in [0.5, 0.6) is 5.88 Å². The first-order valence-corrected chi connectivity index (χ1v) is 4.58. The lowest BCUT2D eigenvalue weighted by Crippen LogP contribution is -2.33. The zero-order valence-corrected chi connectivity index (χ0v) is 8.73. The van der Waals surface area contributed by atoms with Crippen LogP contribution in [-0.2, 0) is 11.3 Å². The van der Waals surface area contributed by atoms with E-state index in [4.69, 9.17) is 9.84 Å². The number of carboxylic acids is 1. The van der Waals surface area contributed by atoms with Gasteiger partial charge in [0.15, 0.2) is 0 Å². The summed E-state index contributed by atoms with van der Waals surface area (Å²) >= 11 is 0. The Morgan fingerprint density at radius 2 is 2.40 bits per heavy atom. The molecular formula is C10H14N2O3. The van der Waals surface area contributed by atoms with Crippen molar-refractivity contribution in [2.24, 2.45) is 0 Å². The molecule has 0 aliphatic heterocycles. The summed E-state index contributed by atoms with van der Waals surface area (Å²) in [5.41, 5.74) is 0.920. The molecule has 1 unspecified atom stereocenters. The Morgan fingerprint density at radius 3 is 2.87 bits per heavy atom. The molecule has 1 atom stereocenters. The number of rotatable bonds is 5. The number of methoxy groups -OCH3 is 1. The number of nitrogens with zero attached hydrogens (tertiary/aromatic N) is 1. The Labute approximate surface area is 88.1 Å². The Kier molecular flexibility index (Phi) is 4.05. The highest BCUT2D eigenvalue weighted by molar-refractivity contribution is 5.72. The lowest BCUT2D eigenvalue weighted by Gasteiger charge is -2.08. The van der Waals surface area contributed by atoms with Gasteiger partial charge in [-0.3, -0.25) is 4.79 Å². The molecule has 0 radical (unpaired) electrons. The van der Waals surface area contributed by atoms with Gasteiger partial charge in [-0.05, 0) is 12.5 Å². The second-order valence-electron chi connectivity index (χ2n) is 3.15. The number of nitrogens with one attached hydrogen (secondary N) is 1. The first kappa shape index (κ1) is 11.5. The largest absolute Gasteiger partial charge is 0.481 e. The zero-order chi connectivity index (χ0) is 11.3. The predicted octanol–water partition coefficient (Wildman–Crippen LogP) is 0.653. The Hall–Kier alpha value is -1.62. The van der Waals surface area contributed by atoms with Crippen LogP contribution in [0.25, 0.3) is 0 Å². The maximum absolute atomic E-state index is 10.5. The van der Waals surface area contributed by atoms with Gasteiger partial charge in [-0.15, -0.1) is 0 Å². The van der Waals surface area contributed by atoms with E-state index >= 15 is 0 Å².